The highest BCUT2D eigenvalue weighted by Gasteiger charge is 2.24. The summed E-state index contributed by atoms with van der Waals surface area (Å²) in [5, 5.41) is 18.1. The Kier molecular flexibility index (Phi) is 5.52. The molecule has 1 atom stereocenters. The van der Waals surface area contributed by atoms with Gasteiger partial charge in [-0.15, -0.1) is 0 Å². The van der Waals surface area contributed by atoms with Crippen molar-refractivity contribution in [3.05, 3.63) is 28.3 Å². The molecular formula is C12H16ClNO5S. The quantitative estimate of drug-likeness (QED) is 0.734. The molecule has 0 spiro atoms. The van der Waals surface area contributed by atoms with Crippen molar-refractivity contribution in [2.75, 3.05) is 6.61 Å². The van der Waals surface area contributed by atoms with Gasteiger partial charge in [0.1, 0.15) is 0 Å². The summed E-state index contributed by atoms with van der Waals surface area (Å²) < 4.78 is 26.8. The van der Waals surface area contributed by atoms with E-state index < -0.39 is 22.0 Å². The number of carboxylic acid groups (broad SMARTS) is 1. The Morgan fingerprint density at radius 3 is 2.50 bits per heavy atom. The van der Waals surface area contributed by atoms with Gasteiger partial charge in [0.2, 0.25) is 10.0 Å². The molecule has 0 aliphatic heterocycles. The van der Waals surface area contributed by atoms with Crippen LogP contribution in [-0.4, -0.2) is 37.2 Å². The Labute approximate surface area is 122 Å². The lowest BCUT2D eigenvalue weighted by atomic mass is 10.1. The lowest BCUT2D eigenvalue weighted by molar-refractivity contribution is 0.0696. The molecule has 0 aliphatic carbocycles. The zero-order valence-electron chi connectivity index (χ0n) is 11.1. The number of rotatable bonds is 6. The van der Waals surface area contributed by atoms with Crippen molar-refractivity contribution >= 4 is 27.6 Å². The van der Waals surface area contributed by atoms with Crippen LogP contribution in [0.1, 0.15) is 29.3 Å². The van der Waals surface area contributed by atoms with E-state index in [0.29, 0.717) is 6.42 Å². The molecule has 1 rings (SSSR count). The van der Waals surface area contributed by atoms with Gasteiger partial charge in [0.25, 0.3) is 0 Å². The number of nitrogens with one attached hydrogen (secondary N) is 1. The Morgan fingerprint density at radius 1 is 1.45 bits per heavy atom. The van der Waals surface area contributed by atoms with Gasteiger partial charge >= 0.3 is 5.97 Å². The SMILES string of the molecule is CC[C@@H](CO)NS(=O)(=O)c1cc(Cl)cc(C(=O)O)c1C. The van der Waals surface area contributed by atoms with Crippen molar-refractivity contribution in [2.24, 2.45) is 0 Å². The van der Waals surface area contributed by atoms with Gasteiger partial charge in [0.15, 0.2) is 0 Å². The van der Waals surface area contributed by atoms with Crippen LogP contribution in [0.15, 0.2) is 17.0 Å². The van der Waals surface area contributed by atoms with Gasteiger partial charge < -0.3 is 10.2 Å². The second-order valence-electron chi connectivity index (χ2n) is 4.29. The standard InChI is InChI=1S/C12H16ClNO5S/c1-3-9(6-15)14-20(18,19)11-5-8(13)4-10(7(11)2)12(16)17/h4-5,9,14-15H,3,6H2,1-2H3,(H,16,17)/t9-/m0/s1. The van der Waals surface area contributed by atoms with Crippen molar-refractivity contribution in [3.63, 3.8) is 0 Å². The van der Waals surface area contributed by atoms with Crippen LogP contribution < -0.4 is 4.72 Å². The van der Waals surface area contributed by atoms with Crippen molar-refractivity contribution in [1.29, 1.82) is 0 Å². The van der Waals surface area contributed by atoms with Crippen LogP contribution in [0.3, 0.4) is 0 Å². The van der Waals surface area contributed by atoms with Crippen LogP contribution in [0.25, 0.3) is 0 Å². The van der Waals surface area contributed by atoms with E-state index in [2.05, 4.69) is 4.72 Å². The van der Waals surface area contributed by atoms with E-state index in [1.165, 1.54) is 19.1 Å². The molecule has 0 saturated heterocycles. The Morgan fingerprint density at radius 2 is 2.05 bits per heavy atom. The van der Waals surface area contributed by atoms with Gasteiger partial charge in [-0.3, -0.25) is 0 Å². The fraction of sp³-hybridized carbons (Fsp3) is 0.417. The number of hydrogen-bond donors (Lipinski definition) is 3. The zero-order valence-corrected chi connectivity index (χ0v) is 12.6. The summed E-state index contributed by atoms with van der Waals surface area (Å²) in [4.78, 5) is 10.9. The predicted octanol–water partition coefficient (Wildman–Crippen LogP) is 1.40. The summed E-state index contributed by atoms with van der Waals surface area (Å²) in [6.45, 7) is 2.77. The van der Waals surface area contributed by atoms with Crippen molar-refractivity contribution in [3.8, 4) is 0 Å². The molecule has 0 saturated carbocycles. The van der Waals surface area contributed by atoms with Crippen LogP contribution in [-0.2, 0) is 10.0 Å². The summed E-state index contributed by atoms with van der Waals surface area (Å²) in [6, 6.07) is 1.75. The van der Waals surface area contributed by atoms with Crippen LogP contribution >= 0.6 is 11.6 Å². The molecule has 0 radical (unpaired) electrons. The molecular weight excluding hydrogens is 306 g/mol. The molecule has 1 aromatic rings. The summed E-state index contributed by atoms with van der Waals surface area (Å²) in [7, 11) is -3.95. The van der Waals surface area contributed by atoms with Gasteiger partial charge in [-0.25, -0.2) is 17.9 Å². The summed E-state index contributed by atoms with van der Waals surface area (Å²) in [5.74, 6) is -1.25. The maximum absolute atomic E-state index is 12.2. The fourth-order valence-corrected chi connectivity index (χ4v) is 3.57. The van der Waals surface area contributed by atoms with E-state index in [9.17, 15) is 13.2 Å². The topological polar surface area (TPSA) is 104 Å². The molecule has 0 amide bonds. The Hall–Kier alpha value is -1.15. The van der Waals surface area contributed by atoms with E-state index >= 15 is 0 Å². The highest BCUT2D eigenvalue weighted by molar-refractivity contribution is 7.89. The fourth-order valence-electron chi connectivity index (χ4n) is 1.69. The summed E-state index contributed by atoms with van der Waals surface area (Å²) >= 11 is 5.77. The first-order valence-electron chi connectivity index (χ1n) is 5.89. The van der Waals surface area contributed by atoms with Gasteiger partial charge in [0, 0.05) is 11.1 Å². The molecule has 0 unspecified atom stereocenters. The maximum Gasteiger partial charge on any atom is 0.336 e. The third kappa shape index (κ3) is 3.69. The first-order chi connectivity index (χ1) is 9.22. The smallest absolute Gasteiger partial charge is 0.336 e. The molecule has 1 aromatic carbocycles. The third-order valence-corrected chi connectivity index (χ3v) is 4.74. The van der Waals surface area contributed by atoms with E-state index in [1.54, 1.807) is 6.92 Å². The van der Waals surface area contributed by atoms with Crippen molar-refractivity contribution < 1.29 is 23.4 Å². The van der Waals surface area contributed by atoms with Crippen LogP contribution in [0.5, 0.6) is 0 Å². The largest absolute Gasteiger partial charge is 0.478 e. The number of benzene rings is 1. The number of aromatic carboxylic acids is 1. The van der Waals surface area contributed by atoms with Gasteiger partial charge in [-0.1, -0.05) is 18.5 Å². The minimum absolute atomic E-state index is 0.0189. The normalized spacial score (nSPS) is 13.2. The molecule has 0 fully saturated rings. The highest BCUT2D eigenvalue weighted by Crippen LogP contribution is 2.24. The van der Waals surface area contributed by atoms with Crippen molar-refractivity contribution in [2.45, 2.75) is 31.2 Å². The minimum Gasteiger partial charge on any atom is -0.478 e. The molecule has 8 heteroatoms. The average Bonchev–Trinajstić information content (AvgIpc) is 2.37. The molecule has 0 aromatic heterocycles. The van der Waals surface area contributed by atoms with E-state index in [0.717, 1.165) is 0 Å². The molecule has 6 nitrogen and oxygen atoms in total. The van der Waals surface area contributed by atoms with E-state index in [4.69, 9.17) is 21.8 Å². The molecule has 112 valence electrons. The van der Waals surface area contributed by atoms with Crippen LogP contribution in [0, 0.1) is 6.92 Å². The van der Waals surface area contributed by atoms with Gasteiger partial charge in [-0.2, -0.15) is 0 Å². The lowest BCUT2D eigenvalue weighted by Gasteiger charge is -2.16. The van der Waals surface area contributed by atoms with Gasteiger partial charge in [-0.05, 0) is 31.0 Å². The minimum atomic E-state index is -3.95. The van der Waals surface area contributed by atoms with Crippen molar-refractivity contribution in [1.82, 2.24) is 4.72 Å². The zero-order chi connectivity index (χ0) is 15.5. The molecule has 0 aliphatic rings. The van der Waals surface area contributed by atoms with Crippen LogP contribution in [0.2, 0.25) is 5.02 Å². The van der Waals surface area contributed by atoms with Gasteiger partial charge in [0.05, 0.1) is 17.1 Å². The number of aliphatic hydroxyl groups excluding tert-OH is 1. The van der Waals surface area contributed by atoms with Crippen LogP contribution in [0.4, 0.5) is 0 Å². The summed E-state index contributed by atoms with van der Waals surface area (Å²) in [5.41, 5.74) is -0.0721. The number of sulfonamides is 1. The lowest BCUT2D eigenvalue weighted by Crippen LogP contribution is -2.37. The average molecular weight is 322 g/mol. The number of halogens is 1. The maximum atomic E-state index is 12.2. The predicted molar refractivity (Wildman–Crippen MR) is 74.6 cm³/mol. The molecule has 0 heterocycles. The second kappa shape index (κ2) is 6.53. The number of aliphatic hydroxyl groups is 1. The first kappa shape index (κ1) is 16.9. The number of carboxylic acids is 1. The molecule has 0 bridgehead atoms. The number of carbonyl (C=O) groups is 1. The third-order valence-electron chi connectivity index (χ3n) is 2.88. The molecule has 3 N–H and O–H groups in total. The molecule has 20 heavy (non-hydrogen) atoms. The Balaban J connectivity index is 3.35. The Bertz CT molecular complexity index is 611. The second-order valence-corrected chi connectivity index (χ2v) is 6.41. The monoisotopic (exact) mass is 321 g/mol. The number of hydrogen-bond acceptors (Lipinski definition) is 4. The summed E-state index contributed by atoms with van der Waals surface area (Å²) in [6.07, 6.45) is 0.404. The van der Waals surface area contributed by atoms with E-state index in [-0.39, 0.29) is 27.7 Å². The first-order valence-corrected chi connectivity index (χ1v) is 7.75. The highest BCUT2D eigenvalue weighted by atomic mass is 35.5. The van der Waals surface area contributed by atoms with E-state index in [1.807, 2.05) is 0 Å².